The van der Waals surface area contributed by atoms with E-state index in [9.17, 15) is 0 Å². The van der Waals surface area contributed by atoms with Crippen LogP contribution in [0.3, 0.4) is 0 Å². The second-order valence-corrected chi connectivity index (χ2v) is 6.87. The van der Waals surface area contributed by atoms with E-state index >= 15 is 4.39 Å². The number of hydrogen-bond acceptors (Lipinski definition) is 4. The Bertz CT molecular complexity index is 1240. The van der Waals surface area contributed by atoms with Crippen LogP contribution in [0.15, 0.2) is 41.7 Å². The highest BCUT2D eigenvalue weighted by Crippen LogP contribution is 2.38. The molecule has 5 rings (SSSR count). The van der Waals surface area contributed by atoms with E-state index in [2.05, 4.69) is 26.8 Å². The number of fused-ring (bicyclic) bond motifs is 4. The zero-order valence-electron chi connectivity index (χ0n) is 15.2. The highest BCUT2D eigenvalue weighted by Gasteiger charge is 2.19. The summed E-state index contributed by atoms with van der Waals surface area (Å²) in [7, 11) is 1.97. The fourth-order valence-electron chi connectivity index (χ4n) is 4.04. The van der Waals surface area contributed by atoms with Gasteiger partial charge in [-0.05, 0) is 42.1 Å². The lowest BCUT2D eigenvalue weighted by Crippen LogP contribution is -2.25. The number of halogens is 1. The highest BCUT2D eigenvalue weighted by atomic mass is 19.1. The fraction of sp³-hybridized carbons (Fsp3) is 0.238. The molecule has 1 N–H and O–H groups in total. The van der Waals surface area contributed by atoms with Gasteiger partial charge in [-0.25, -0.2) is 4.39 Å². The molecule has 3 heterocycles. The highest BCUT2D eigenvalue weighted by molar-refractivity contribution is 6.14. The van der Waals surface area contributed by atoms with Crippen molar-refractivity contribution in [2.75, 3.05) is 19.7 Å². The summed E-state index contributed by atoms with van der Waals surface area (Å²) in [4.78, 5) is 8.51. The average molecular weight is 362 g/mol. The number of aryl methyl sites for hydroxylation is 2. The summed E-state index contributed by atoms with van der Waals surface area (Å²) >= 11 is 0. The van der Waals surface area contributed by atoms with E-state index in [-0.39, 0.29) is 18.2 Å². The van der Waals surface area contributed by atoms with Crippen molar-refractivity contribution in [3.05, 3.63) is 48.0 Å². The number of aromatic nitrogens is 2. The van der Waals surface area contributed by atoms with Crippen molar-refractivity contribution in [1.29, 1.82) is 0 Å². The Balaban J connectivity index is 1.73. The number of ether oxygens (including phenoxy) is 1. The molecule has 4 aromatic rings. The fourth-order valence-corrected chi connectivity index (χ4v) is 4.04. The average Bonchev–Trinajstić information content (AvgIpc) is 3.29. The van der Waals surface area contributed by atoms with Crippen molar-refractivity contribution >= 4 is 38.4 Å². The molecule has 0 unspecified atom stereocenters. The van der Waals surface area contributed by atoms with Crippen LogP contribution in [0.4, 0.5) is 4.39 Å². The van der Waals surface area contributed by atoms with Gasteiger partial charge >= 0.3 is 0 Å². The van der Waals surface area contributed by atoms with E-state index in [4.69, 9.17) is 4.74 Å². The van der Waals surface area contributed by atoms with Crippen LogP contribution in [0.5, 0.6) is 5.75 Å². The van der Waals surface area contributed by atoms with E-state index in [1.165, 1.54) is 0 Å². The number of nitrogens with one attached hydrogen (secondary N) is 1. The molecule has 0 spiro atoms. The minimum Gasteiger partial charge on any atom is -0.483 e. The first-order valence-corrected chi connectivity index (χ1v) is 8.99. The number of aliphatic imine (C=N–C) groups is 1. The Labute approximate surface area is 155 Å². The molecule has 0 atom stereocenters. The predicted octanol–water partition coefficient (Wildman–Crippen LogP) is 3.71. The second kappa shape index (κ2) is 5.94. The van der Waals surface area contributed by atoms with Gasteiger partial charge in [0, 0.05) is 42.1 Å². The minimum atomic E-state index is -0.334. The summed E-state index contributed by atoms with van der Waals surface area (Å²) in [5.41, 5.74) is 2.99. The summed E-state index contributed by atoms with van der Waals surface area (Å²) in [5.74, 6) is 0.676. The SMILES string of the molecule is Cc1c2ccncc2cc2c3c(F)c(OCC4=NCCN4)ccc3n(C)c12. The molecule has 0 radical (unpaired) electrons. The number of amidine groups is 1. The lowest BCUT2D eigenvalue weighted by Gasteiger charge is -2.08. The van der Waals surface area contributed by atoms with Gasteiger partial charge in [0.05, 0.1) is 17.6 Å². The predicted molar refractivity (Wildman–Crippen MR) is 106 cm³/mol. The van der Waals surface area contributed by atoms with Crippen molar-refractivity contribution in [1.82, 2.24) is 14.9 Å². The van der Waals surface area contributed by atoms with Gasteiger partial charge in [0.25, 0.3) is 0 Å². The van der Waals surface area contributed by atoms with Gasteiger partial charge in [-0.3, -0.25) is 9.98 Å². The van der Waals surface area contributed by atoms with Crippen molar-refractivity contribution in [3.63, 3.8) is 0 Å². The first-order valence-electron chi connectivity index (χ1n) is 8.99. The lowest BCUT2D eigenvalue weighted by atomic mass is 10.0. The molecule has 2 aromatic heterocycles. The zero-order valence-corrected chi connectivity index (χ0v) is 15.2. The molecule has 0 saturated carbocycles. The molecule has 0 amide bonds. The van der Waals surface area contributed by atoms with Crippen molar-refractivity contribution in [2.24, 2.45) is 12.0 Å². The lowest BCUT2D eigenvalue weighted by molar-refractivity contribution is 0.353. The molecule has 2 aromatic carbocycles. The molecule has 0 fully saturated rings. The molecular weight excluding hydrogens is 343 g/mol. The standard InChI is InChI=1S/C21H19FN4O/c1-12-14-5-6-23-10-13(14)9-15-19-16(26(2)21(12)15)3-4-17(20(19)22)27-11-18-24-7-8-25-18/h3-6,9-10H,7-8,11H2,1-2H3,(H,24,25). The summed E-state index contributed by atoms with van der Waals surface area (Å²) in [6, 6.07) is 7.63. The Morgan fingerprint density at radius 1 is 1.26 bits per heavy atom. The topological polar surface area (TPSA) is 51.4 Å². The van der Waals surface area contributed by atoms with Gasteiger partial charge in [0.15, 0.2) is 11.6 Å². The van der Waals surface area contributed by atoms with Crippen LogP contribution in [0.1, 0.15) is 5.56 Å². The first kappa shape index (κ1) is 16.1. The summed E-state index contributed by atoms with van der Waals surface area (Å²) < 4.78 is 23.2. The van der Waals surface area contributed by atoms with Gasteiger partial charge in [-0.15, -0.1) is 0 Å². The molecular formula is C21H19FN4O. The van der Waals surface area contributed by atoms with Gasteiger partial charge in [-0.2, -0.15) is 0 Å². The summed E-state index contributed by atoms with van der Waals surface area (Å²) in [6.07, 6.45) is 3.61. The number of hydrogen-bond donors (Lipinski definition) is 1. The van der Waals surface area contributed by atoms with Gasteiger partial charge in [-0.1, -0.05) is 0 Å². The maximum absolute atomic E-state index is 15.4. The number of nitrogens with zero attached hydrogens (tertiary/aromatic N) is 3. The molecule has 0 saturated heterocycles. The molecule has 136 valence electrons. The minimum absolute atomic E-state index is 0.246. The Kier molecular flexibility index (Phi) is 3.53. The molecule has 1 aliphatic rings. The largest absolute Gasteiger partial charge is 0.483 e. The molecule has 0 aliphatic carbocycles. The van der Waals surface area contributed by atoms with E-state index in [1.807, 2.05) is 31.4 Å². The Morgan fingerprint density at radius 2 is 2.15 bits per heavy atom. The monoisotopic (exact) mass is 362 g/mol. The van der Waals surface area contributed by atoms with Crippen LogP contribution in [-0.2, 0) is 7.05 Å². The van der Waals surface area contributed by atoms with Crippen LogP contribution in [0, 0.1) is 12.7 Å². The Hall–Kier alpha value is -3.15. The third kappa shape index (κ3) is 2.36. The van der Waals surface area contributed by atoms with Crippen molar-refractivity contribution in [2.45, 2.75) is 6.92 Å². The summed E-state index contributed by atoms with van der Waals surface area (Å²) in [5, 5.41) is 6.73. The normalized spacial score (nSPS) is 14.1. The second-order valence-electron chi connectivity index (χ2n) is 6.87. The van der Waals surface area contributed by atoms with E-state index in [0.29, 0.717) is 5.39 Å². The number of benzene rings is 2. The van der Waals surface area contributed by atoms with Crippen molar-refractivity contribution in [3.8, 4) is 5.75 Å². The molecule has 27 heavy (non-hydrogen) atoms. The van der Waals surface area contributed by atoms with Crippen LogP contribution in [-0.4, -0.2) is 35.1 Å². The zero-order chi connectivity index (χ0) is 18.5. The third-order valence-corrected chi connectivity index (χ3v) is 5.32. The summed E-state index contributed by atoms with van der Waals surface area (Å²) in [6.45, 7) is 3.87. The van der Waals surface area contributed by atoms with E-state index in [0.717, 1.165) is 51.7 Å². The van der Waals surface area contributed by atoms with E-state index in [1.54, 1.807) is 12.3 Å². The quantitative estimate of drug-likeness (QED) is 0.604. The van der Waals surface area contributed by atoms with Crippen LogP contribution in [0.2, 0.25) is 0 Å². The maximum atomic E-state index is 15.4. The third-order valence-electron chi connectivity index (χ3n) is 5.32. The van der Waals surface area contributed by atoms with Gasteiger partial charge in [0.1, 0.15) is 12.4 Å². The smallest absolute Gasteiger partial charge is 0.175 e. The number of rotatable bonds is 3. The Morgan fingerprint density at radius 3 is 2.96 bits per heavy atom. The maximum Gasteiger partial charge on any atom is 0.175 e. The molecule has 6 heteroatoms. The van der Waals surface area contributed by atoms with Crippen LogP contribution < -0.4 is 10.1 Å². The first-order chi connectivity index (χ1) is 13.1. The van der Waals surface area contributed by atoms with Crippen LogP contribution >= 0.6 is 0 Å². The van der Waals surface area contributed by atoms with Gasteiger partial charge < -0.3 is 14.6 Å². The molecule has 1 aliphatic heterocycles. The van der Waals surface area contributed by atoms with Crippen LogP contribution in [0.25, 0.3) is 32.6 Å². The van der Waals surface area contributed by atoms with Crippen molar-refractivity contribution < 1.29 is 9.13 Å². The van der Waals surface area contributed by atoms with E-state index < -0.39 is 0 Å². The molecule has 5 nitrogen and oxygen atoms in total. The number of pyridine rings is 1. The van der Waals surface area contributed by atoms with Gasteiger partial charge in [0.2, 0.25) is 0 Å². The molecule has 0 bridgehead atoms.